The lowest BCUT2D eigenvalue weighted by molar-refractivity contribution is 0.253. The van der Waals surface area contributed by atoms with Crippen LogP contribution in [-0.4, -0.2) is 61.2 Å². The molecule has 7 heteroatoms. The van der Waals surface area contributed by atoms with Crippen molar-refractivity contribution in [3.63, 3.8) is 0 Å². The highest BCUT2D eigenvalue weighted by atomic mass is 16.5. The summed E-state index contributed by atoms with van der Waals surface area (Å²) in [6, 6.07) is 10.8. The largest absolute Gasteiger partial charge is 0.493 e. The molecule has 1 atom stereocenters. The number of aryl methyl sites for hydroxylation is 1. The Kier molecular flexibility index (Phi) is 13.0. The molecule has 0 saturated carbocycles. The number of nitrogens with one attached hydrogen (secondary N) is 2. The Labute approximate surface area is 230 Å². The van der Waals surface area contributed by atoms with Gasteiger partial charge in [0.15, 0.2) is 23.0 Å². The van der Waals surface area contributed by atoms with Crippen LogP contribution < -0.4 is 34.3 Å². The second kappa shape index (κ2) is 15.7. The van der Waals surface area contributed by atoms with Gasteiger partial charge < -0.3 is 34.3 Å². The first kappa shape index (κ1) is 31.6. The van der Waals surface area contributed by atoms with Gasteiger partial charge in [0, 0.05) is 18.0 Å². The molecule has 0 amide bonds. The van der Waals surface area contributed by atoms with E-state index in [2.05, 4.69) is 62.6 Å². The Hall–Kier alpha value is -2.64. The standard InChI is InChI=1S/C31H50N2O5/c1-22(2)31(21-33-23(3)4,25-19-28(36-7)30(38-9)29(20-25)37-8)15-11-17-32-16-10-12-24-13-14-26(34-5)27(18-24)35-6/h13-14,18-20,22-23,32-33H,10-12,15-17,21H2,1-9H3. The third kappa shape index (κ3) is 8.18. The molecule has 38 heavy (non-hydrogen) atoms. The first-order chi connectivity index (χ1) is 18.3. The van der Waals surface area contributed by atoms with Gasteiger partial charge in [0.25, 0.3) is 0 Å². The Balaban J connectivity index is 2.07. The Morgan fingerprint density at radius 3 is 1.84 bits per heavy atom. The topological polar surface area (TPSA) is 70.2 Å². The quantitative estimate of drug-likeness (QED) is 0.242. The van der Waals surface area contributed by atoms with Gasteiger partial charge in [-0.15, -0.1) is 0 Å². The number of rotatable bonds is 18. The van der Waals surface area contributed by atoms with E-state index in [1.807, 2.05) is 6.07 Å². The number of benzene rings is 2. The van der Waals surface area contributed by atoms with Crippen molar-refractivity contribution >= 4 is 0 Å². The molecular weight excluding hydrogens is 480 g/mol. The van der Waals surface area contributed by atoms with E-state index in [1.165, 1.54) is 11.1 Å². The van der Waals surface area contributed by atoms with Crippen molar-refractivity contribution in [1.82, 2.24) is 10.6 Å². The maximum absolute atomic E-state index is 5.70. The first-order valence-electron chi connectivity index (χ1n) is 13.7. The molecule has 0 radical (unpaired) electrons. The van der Waals surface area contributed by atoms with Crippen LogP contribution in [0, 0.1) is 5.92 Å². The van der Waals surface area contributed by atoms with Crippen molar-refractivity contribution < 1.29 is 23.7 Å². The lowest BCUT2D eigenvalue weighted by atomic mass is 9.68. The molecule has 2 N–H and O–H groups in total. The molecule has 0 fully saturated rings. The molecule has 214 valence electrons. The fraction of sp³-hybridized carbons (Fsp3) is 0.613. The summed E-state index contributed by atoms with van der Waals surface area (Å²) in [7, 11) is 8.34. The highest BCUT2D eigenvalue weighted by Crippen LogP contribution is 2.45. The van der Waals surface area contributed by atoms with Crippen molar-refractivity contribution in [2.45, 2.75) is 64.8 Å². The maximum atomic E-state index is 5.70. The number of hydrogen-bond donors (Lipinski definition) is 2. The van der Waals surface area contributed by atoms with Gasteiger partial charge in [-0.2, -0.15) is 0 Å². The molecule has 7 nitrogen and oxygen atoms in total. The molecule has 2 rings (SSSR count). The zero-order valence-corrected chi connectivity index (χ0v) is 25.0. The van der Waals surface area contributed by atoms with Crippen LogP contribution in [0.4, 0.5) is 0 Å². The van der Waals surface area contributed by atoms with E-state index in [4.69, 9.17) is 23.7 Å². The van der Waals surface area contributed by atoms with Gasteiger partial charge in [0.1, 0.15) is 0 Å². The van der Waals surface area contributed by atoms with Crippen molar-refractivity contribution in [1.29, 1.82) is 0 Å². The van der Waals surface area contributed by atoms with E-state index in [1.54, 1.807) is 35.5 Å². The minimum absolute atomic E-state index is 0.0849. The second-order valence-corrected chi connectivity index (χ2v) is 10.4. The molecule has 0 spiro atoms. The van der Waals surface area contributed by atoms with E-state index in [0.29, 0.717) is 29.2 Å². The Morgan fingerprint density at radius 2 is 1.32 bits per heavy atom. The van der Waals surface area contributed by atoms with E-state index >= 15 is 0 Å². The molecule has 0 saturated heterocycles. The van der Waals surface area contributed by atoms with Crippen molar-refractivity contribution in [3.05, 3.63) is 41.5 Å². The van der Waals surface area contributed by atoms with Crippen LogP contribution in [0.3, 0.4) is 0 Å². The average molecular weight is 531 g/mol. The van der Waals surface area contributed by atoms with Gasteiger partial charge in [-0.3, -0.25) is 0 Å². The molecule has 0 aliphatic carbocycles. The van der Waals surface area contributed by atoms with E-state index < -0.39 is 0 Å². The fourth-order valence-electron chi connectivity index (χ4n) is 5.02. The highest BCUT2D eigenvalue weighted by Gasteiger charge is 2.37. The van der Waals surface area contributed by atoms with Gasteiger partial charge in [-0.25, -0.2) is 0 Å². The van der Waals surface area contributed by atoms with Gasteiger partial charge in [0.05, 0.1) is 35.5 Å². The first-order valence-corrected chi connectivity index (χ1v) is 13.7. The summed E-state index contributed by atoms with van der Waals surface area (Å²) in [6.07, 6.45) is 4.15. The molecule has 2 aromatic carbocycles. The molecule has 2 aromatic rings. The van der Waals surface area contributed by atoms with E-state index in [-0.39, 0.29) is 5.41 Å². The molecule has 0 aliphatic rings. The van der Waals surface area contributed by atoms with Crippen LogP contribution in [-0.2, 0) is 11.8 Å². The van der Waals surface area contributed by atoms with Gasteiger partial charge >= 0.3 is 0 Å². The third-order valence-corrected chi connectivity index (χ3v) is 7.41. The van der Waals surface area contributed by atoms with E-state index in [9.17, 15) is 0 Å². The highest BCUT2D eigenvalue weighted by molar-refractivity contribution is 5.55. The summed E-state index contributed by atoms with van der Waals surface area (Å²) >= 11 is 0. The second-order valence-electron chi connectivity index (χ2n) is 10.4. The summed E-state index contributed by atoms with van der Waals surface area (Å²) in [5, 5.41) is 7.37. The SMILES string of the molecule is COc1ccc(CCCNCCCC(CNC(C)C)(c2cc(OC)c(OC)c(OC)c2)C(C)C)cc1OC. The molecule has 0 aliphatic heterocycles. The number of hydrogen-bond acceptors (Lipinski definition) is 7. The lowest BCUT2D eigenvalue weighted by Crippen LogP contribution is -2.45. The number of ether oxygens (including phenoxy) is 5. The third-order valence-electron chi connectivity index (χ3n) is 7.41. The van der Waals surface area contributed by atoms with Crippen LogP contribution >= 0.6 is 0 Å². The lowest BCUT2D eigenvalue weighted by Gasteiger charge is -2.40. The predicted molar refractivity (Wildman–Crippen MR) is 156 cm³/mol. The van der Waals surface area contributed by atoms with Crippen LogP contribution in [0.15, 0.2) is 30.3 Å². The fourth-order valence-corrected chi connectivity index (χ4v) is 5.02. The molecule has 1 unspecified atom stereocenters. The normalized spacial score (nSPS) is 12.9. The minimum atomic E-state index is -0.0849. The summed E-state index contributed by atoms with van der Waals surface area (Å²) in [5.74, 6) is 3.98. The molecular formula is C31H50N2O5. The molecule has 0 heterocycles. The van der Waals surface area contributed by atoms with Crippen molar-refractivity contribution in [3.8, 4) is 28.7 Å². The summed E-state index contributed by atoms with van der Waals surface area (Å²) in [4.78, 5) is 0. The Morgan fingerprint density at radius 1 is 0.711 bits per heavy atom. The predicted octanol–water partition coefficient (Wildman–Crippen LogP) is 5.62. The van der Waals surface area contributed by atoms with Crippen LogP contribution in [0.5, 0.6) is 28.7 Å². The van der Waals surface area contributed by atoms with Gasteiger partial charge in [-0.1, -0.05) is 33.8 Å². The monoisotopic (exact) mass is 530 g/mol. The van der Waals surface area contributed by atoms with Gasteiger partial charge in [0.2, 0.25) is 5.75 Å². The van der Waals surface area contributed by atoms with Gasteiger partial charge in [-0.05, 0) is 80.1 Å². The minimum Gasteiger partial charge on any atom is -0.493 e. The van der Waals surface area contributed by atoms with Crippen LogP contribution in [0.25, 0.3) is 0 Å². The number of methoxy groups -OCH3 is 5. The summed E-state index contributed by atoms with van der Waals surface area (Å²) < 4.78 is 27.8. The average Bonchev–Trinajstić information content (AvgIpc) is 2.92. The van der Waals surface area contributed by atoms with Crippen LogP contribution in [0.2, 0.25) is 0 Å². The van der Waals surface area contributed by atoms with Crippen molar-refractivity contribution in [2.75, 3.05) is 55.2 Å². The zero-order chi connectivity index (χ0) is 28.1. The molecule has 0 aromatic heterocycles. The molecule has 0 bridgehead atoms. The summed E-state index contributed by atoms with van der Waals surface area (Å²) in [6.45, 7) is 11.8. The Bertz CT molecular complexity index is 954. The smallest absolute Gasteiger partial charge is 0.203 e. The van der Waals surface area contributed by atoms with Crippen molar-refractivity contribution in [2.24, 2.45) is 5.92 Å². The van der Waals surface area contributed by atoms with E-state index in [0.717, 1.165) is 56.8 Å². The zero-order valence-electron chi connectivity index (χ0n) is 25.0. The van der Waals surface area contributed by atoms with Crippen LogP contribution in [0.1, 0.15) is 58.1 Å². The summed E-state index contributed by atoms with van der Waals surface area (Å²) in [5.41, 5.74) is 2.38. The maximum Gasteiger partial charge on any atom is 0.203 e.